The van der Waals surface area contributed by atoms with Gasteiger partial charge < -0.3 is 9.30 Å². The van der Waals surface area contributed by atoms with E-state index in [-0.39, 0.29) is 31.8 Å². The minimum Gasteiger partial charge on any atom is -0.509 e. The number of pyridine rings is 1. The molecule has 0 N–H and O–H groups in total. The Labute approximate surface area is 290 Å². The molecule has 0 bridgehead atoms. The third-order valence-electron chi connectivity index (χ3n) is 8.93. The molecule has 47 heavy (non-hydrogen) atoms. The van der Waals surface area contributed by atoms with E-state index in [0.29, 0.717) is 11.5 Å². The molecule has 0 saturated carbocycles. The maximum atomic E-state index is 6.49. The third kappa shape index (κ3) is 5.93. The van der Waals surface area contributed by atoms with E-state index in [1.54, 1.807) is 0 Å². The van der Waals surface area contributed by atoms with E-state index in [4.69, 9.17) is 14.8 Å². The van der Waals surface area contributed by atoms with Crippen molar-refractivity contribution in [2.45, 2.75) is 59.3 Å². The van der Waals surface area contributed by atoms with Crippen molar-refractivity contribution in [1.29, 1.82) is 0 Å². The maximum Gasteiger partial charge on any atom is 2.00 e. The Morgan fingerprint density at radius 1 is 0.830 bits per heavy atom. The number of nitrogens with zero attached hydrogens (tertiary/aromatic N) is 4. The van der Waals surface area contributed by atoms with Crippen LogP contribution in [0.15, 0.2) is 103 Å². The molecule has 6 heteroatoms. The van der Waals surface area contributed by atoms with Crippen LogP contribution in [0.3, 0.4) is 0 Å². The van der Waals surface area contributed by atoms with Gasteiger partial charge in [-0.2, -0.15) is 17.2 Å². The van der Waals surface area contributed by atoms with Gasteiger partial charge in [-0.15, -0.1) is 35.7 Å². The second kappa shape index (κ2) is 13.0. The molecular formula is C41H38N4OPd. The summed E-state index contributed by atoms with van der Waals surface area (Å²) in [6.07, 6.45) is 2.81. The third-order valence-corrected chi connectivity index (χ3v) is 8.93. The van der Waals surface area contributed by atoms with Crippen LogP contribution in [0.1, 0.15) is 63.9 Å². The van der Waals surface area contributed by atoms with Crippen LogP contribution in [0.2, 0.25) is 0 Å². The molecule has 0 radical (unpaired) electrons. The summed E-state index contributed by atoms with van der Waals surface area (Å²) in [6, 6.07) is 40.3. The fourth-order valence-corrected chi connectivity index (χ4v) is 6.25. The molecule has 0 amide bonds. The quantitative estimate of drug-likeness (QED) is 0.117. The zero-order valence-electron chi connectivity index (χ0n) is 27.6. The Bertz CT molecular complexity index is 2190. The summed E-state index contributed by atoms with van der Waals surface area (Å²) in [5, 5.41) is 7.50. The molecule has 0 aliphatic rings. The van der Waals surface area contributed by atoms with Gasteiger partial charge >= 0.3 is 20.4 Å². The predicted molar refractivity (Wildman–Crippen MR) is 187 cm³/mol. The number of aryl methyl sites for hydroxylation is 1. The van der Waals surface area contributed by atoms with Gasteiger partial charge in [0.15, 0.2) is 0 Å². The fraction of sp³-hybridized carbons (Fsp3) is 0.220. The Kier molecular flexibility index (Phi) is 8.94. The molecule has 0 unspecified atom stereocenters. The van der Waals surface area contributed by atoms with E-state index < -0.39 is 0 Å². The fourth-order valence-electron chi connectivity index (χ4n) is 6.25. The average molecular weight is 709 g/mol. The summed E-state index contributed by atoms with van der Waals surface area (Å²) in [7, 11) is 0. The second-order valence-corrected chi connectivity index (χ2v) is 12.9. The minimum absolute atomic E-state index is 0. The molecule has 0 atom stereocenters. The van der Waals surface area contributed by atoms with Crippen molar-refractivity contribution in [2.75, 3.05) is 0 Å². The van der Waals surface area contributed by atoms with E-state index in [9.17, 15) is 0 Å². The molecule has 3 heterocycles. The minimum atomic E-state index is -0.133. The van der Waals surface area contributed by atoms with Gasteiger partial charge in [-0.1, -0.05) is 88.7 Å². The van der Waals surface area contributed by atoms with Crippen LogP contribution in [0, 0.1) is 19.1 Å². The first-order valence-corrected chi connectivity index (χ1v) is 16.0. The molecule has 0 aliphatic heterocycles. The summed E-state index contributed by atoms with van der Waals surface area (Å²) in [6.45, 7) is 13.3. The van der Waals surface area contributed by atoms with Crippen LogP contribution in [0.4, 0.5) is 0 Å². The van der Waals surface area contributed by atoms with Crippen LogP contribution in [-0.2, 0) is 25.8 Å². The summed E-state index contributed by atoms with van der Waals surface area (Å²) >= 11 is 0. The van der Waals surface area contributed by atoms with E-state index >= 15 is 0 Å². The second-order valence-electron chi connectivity index (χ2n) is 12.9. The predicted octanol–water partition coefficient (Wildman–Crippen LogP) is 10.5. The Morgan fingerprint density at radius 2 is 1.57 bits per heavy atom. The topological polar surface area (TPSA) is 44.9 Å². The van der Waals surface area contributed by atoms with Crippen LogP contribution < -0.4 is 4.74 Å². The monoisotopic (exact) mass is 708 g/mol. The molecule has 0 saturated heterocycles. The molecule has 0 spiro atoms. The Hall–Kier alpha value is -4.50. The van der Waals surface area contributed by atoms with Gasteiger partial charge in [0, 0.05) is 34.2 Å². The Morgan fingerprint density at radius 3 is 2.32 bits per heavy atom. The van der Waals surface area contributed by atoms with Crippen molar-refractivity contribution in [3.05, 3.63) is 132 Å². The maximum absolute atomic E-state index is 6.49. The SMILES string of the molecule is CCC(C)(C)c1c(-c2ccccc2)c(C(C)C)nn1-c1[c-]c(Oc2[c-]c3c(cc2)c2ccccc2n3-c2cc(C)ccn2)ccc1.[Pd+2]. The standard InChI is InChI=1S/C41H38N4O.Pd/c1-7-41(5,6)40-38(29-14-9-8-10-15-29)39(27(2)3)43-45(40)30-16-13-17-31(25-30)46-32-20-21-34-33-18-11-12-19-35(33)44(36(34)26-32)37-24-28(4)22-23-42-37;/h8-24,27H,7H2,1-6H3;/q-2;+2. The Balaban J connectivity index is 0.00000386. The van der Waals surface area contributed by atoms with Crippen molar-refractivity contribution in [3.63, 3.8) is 0 Å². The van der Waals surface area contributed by atoms with Crippen molar-refractivity contribution < 1.29 is 25.2 Å². The number of hydrogen-bond acceptors (Lipinski definition) is 3. The molecule has 7 aromatic rings. The van der Waals surface area contributed by atoms with Crippen molar-refractivity contribution in [2.24, 2.45) is 0 Å². The summed E-state index contributed by atoms with van der Waals surface area (Å²) in [5.74, 6) is 2.32. The summed E-state index contributed by atoms with van der Waals surface area (Å²) < 4.78 is 10.7. The van der Waals surface area contributed by atoms with Gasteiger partial charge in [-0.05, 0) is 59.7 Å². The van der Waals surface area contributed by atoms with Crippen molar-refractivity contribution in [1.82, 2.24) is 19.3 Å². The van der Waals surface area contributed by atoms with Gasteiger partial charge in [0.1, 0.15) is 5.82 Å². The van der Waals surface area contributed by atoms with Gasteiger partial charge in [-0.25, -0.2) is 4.98 Å². The van der Waals surface area contributed by atoms with Gasteiger partial charge in [0.25, 0.3) is 0 Å². The van der Waals surface area contributed by atoms with Gasteiger partial charge in [-0.3, -0.25) is 4.68 Å². The van der Waals surface area contributed by atoms with Crippen LogP contribution in [-0.4, -0.2) is 19.3 Å². The van der Waals surface area contributed by atoms with E-state index in [2.05, 4.69) is 136 Å². The number of para-hydroxylation sites is 1. The smallest absolute Gasteiger partial charge is 0.509 e. The van der Waals surface area contributed by atoms with Gasteiger partial charge in [0.05, 0.1) is 11.4 Å². The van der Waals surface area contributed by atoms with Crippen LogP contribution in [0.25, 0.3) is 44.4 Å². The van der Waals surface area contributed by atoms with Crippen LogP contribution >= 0.6 is 0 Å². The van der Waals surface area contributed by atoms with Gasteiger partial charge in [0.2, 0.25) is 0 Å². The normalized spacial score (nSPS) is 11.7. The first-order valence-electron chi connectivity index (χ1n) is 16.0. The van der Waals surface area contributed by atoms with E-state index in [0.717, 1.165) is 51.0 Å². The number of hydrogen-bond donors (Lipinski definition) is 0. The largest absolute Gasteiger partial charge is 2.00 e. The molecule has 5 nitrogen and oxygen atoms in total. The van der Waals surface area contributed by atoms with E-state index in [1.807, 2.05) is 30.5 Å². The number of rotatable bonds is 8. The van der Waals surface area contributed by atoms with E-state index in [1.165, 1.54) is 16.8 Å². The molecule has 7 rings (SSSR count). The summed E-state index contributed by atoms with van der Waals surface area (Å²) in [4.78, 5) is 4.71. The summed E-state index contributed by atoms with van der Waals surface area (Å²) in [5.41, 5.74) is 8.51. The first kappa shape index (κ1) is 32.4. The van der Waals surface area contributed by atoms with Crippen molar-refractivity contribution >= 4 is 21.8 Å². The zero-order valence-corrected chi connectivity index (χ0v) is 29.2. The number of fused-ring (bicyclic) bond motifs is 3. The molecular weight excluding hydrogens is 671 g/mol. The first-order chi connectivity index (χ1) is 22.2. The zero-order chi connectivity index (χ0) is 32.0. The number of benzene rings is 4. The molecule has 0 aliphatic carbocycles. The number of ether oxygens (including phenoxy) is 1. The van der Waals surface area contributed by atoms with Crippen LogP contribution in [0.5, 0.6) is 11.5 Å². The molecule has 3 aromatic heterocycles. The average Bonchev–Trinajstić information content (AvgIpc) is 3.63. The van der Waals surface area contributed by atoms with Crippen molar-refractivity contribution in [3.8, 4) is 34.1 Å². The molecule has 0 fully saturated rings. The molecule has 4 aromatic carbocycles. The number of aromatic nitrogens is 4. The molecule has 238 valence electrons.